The van der Waals surface area contributed by atoms with E-state index in [2.05, 4.69) is 4.72 Å². The van der Waals surface area contributed by atoms with Gasteiger partial charge in [-0.3, -0.25) is 4.79 Å². The summed E-state index contributed by atoms with van der Waals surface area (Å²) in [5, 5.41) is 8.43. The topological polar surface area (TPSA) is 90.3 Å². The van der Waals surface area contributed by atoms with Crippen LogP contribution < -0.4 is 4.72 Å². The maximum Gasteiger partial charge on any atom is 0.253 e. The van der Waals surface area contributed by atoms with E-state index < -0.39 is 10.0 Å². The Morgan fingerprint density at radius 1 is 1.18 bits per heavy atom. The second-order valence-electron chi connectivity index (χ2n) is 5.18. The first-order valence-electron chi connectivity index (χ1n) is 7.30. The molecule has 1 aliphatic heterocycles. The van der Waals surface area contributed by atoms with Gasteiger partial charge in [-0.1, -0.05) is 0 Å². The van der Waals surface area contributed by atoms with Crippen LogP contribution in [0, 0.1) is 11.3 Å². The third-order valence-electron chi connectivity index (χ3n) is 3.58. The largest absolute Gasteiger partial charge is 0.339 e. The van der Waals surface area contributed by atoms with Crippen molar-refractivity contribution in [1.82, 2.24) is 9.62 Å². The van der Waals surface area contributed by atoms with Crippen LogP contribution in [0.1, 0.15) is 36.0 Å². The Bertz CT molecular complexity index is 656. The van der Waals surface area contributed by atoms with Crippen molar-refractivity contribution in [2.24, 2.45) is 0 Å². The van der Waals surface area contributed by atoms with E-state index in [1.165, 1.54) is 24.3 Å². The molecule has 22 heavy (non-hydrogen) atoms. The Labute approximate surface area is 130 Å². The molecule has 118 valence electrons. The molecule has 0 saturated carbocycles. The van der Waals surface area contributed by atoms with Crippen molar-refractivity contribution >= 4 is 15.9 Å². The zero-order chi connectivity index (χ0) is 16.0. The zero-order valence-electron chi connectivity index (χ0n) is 12.3. The van der Waals surface area contributed by atoms with Crippen LogP contribution in [0.3, 0.4) is 0 Å². The fourth-order valence-corrected chi connectivity index (χ4v) is 3.41. The quantitative estimate of drug-likeness (QED) is 0.832. The molecule has 0 aliphatic carbocycles. The molecule has 1 saturated heterocycles. The van der Waals surface area contributed by atoms with Gasteiger partial charge in [0.2, 0.25) is 10.0 Å². The highest BCUT2D eigenvalue weighted by Gasteiger charge is 2.19. The van der Waals surface area contributed by atoms with Gasteiger partial charge in [-0.05, 0) is 43.5 Å². The number of nitrogens with zero attached hydrogens (tertiary/aromatic N) is 2. The van der Waals surface area contributed by atoms with Crippen LogP contribution in [0.2, 0.25) is 0 Å². The molecule has 0 aromatic heterocycles. The Kier molecular flexibility index (Phi) is 5.52. The number of carbonyl (C=O) groups excluding carboxylic acids is 1. The van der Waals surface area contributed by atoms with Crippen LogP contribution in [-0.2, 0) is 10.0 Å². The molecule has 1 aromatic rings. The summed E-state index contributed by atoms with van der Waals surface area (Å²) in [6, 6.07) is 7.80. The summed E-state index contributed by atoms with van der Waals surface area (Å²) in [4.78, 5) is 14.2. The first-order chi connectivity index (χ1) is 10.5. The summed E-state index contributed by atoms with van der Waals surface area (Å²) < 4.78 is 26.3. The molecule has 0 bridgehead atoms. The Balaban J connectivity index is 2.06. The van der Waals surface area contributed by atoms with Crippen molar-refractivity contribution in [1.29, 1.82) is 5.26 Å². The van der Waals surface area contributed by atoms with Gasteiger partial charge in [0.25, 0.3) is 5.91 Å². The number of nitriles is 1. The van der Waals surface area contributed by atoms with Gasteiger partial charge in [-0.15, -0.1) is 0 Å². The highest BCUT2D eigenvalue weighted by Crippen LogP contribution is 2.15. The van der Waals surface area contributed by atoms with E-state index in [-0.39, 0.29) is 23.8 Å². The maximum atomic E-state index is 12.3. The van der Waals surface area contributed by atoms with E-state index in [1.807, 2.05) is 6.07 Å². The highest BCUT2D eigenvalue weighted by molar-refractivity contribution is 7.89. The summed E-state index contributed by atoms with van der Waals surface area (Å²) in [5.74, 6) is -0.0545. The molecule has 0 radical (unpaired) electrons. The van der Waals surface area contributed by atoms with Gasteiger partial charge in [-0.2, -0.15) is 5.26 Å². The molecular formula is C15H19N3O3S. The Morgan fingerprint density at radius 2 is 1.82 bits per heavy atom. The summed E-state index contributed by atoms with van der Waals surface area (Å²) >= 11 is 0. The summed E-state index contributed by atoms with van der Waals surface area (Å²) in [5.41, 5.74) is 0.498. The van der Waals surface area contributed by atoms with E-state index in [1.54, 1.807) is 4.90 Å². The SMILES string of the molecule is N#CCCNS(=O)(=O)c1ccc(C(=O)N2CCCCC2)cc1. The van der Waals surface area contributed by atoms with Crippen molar-refractivity contribution in [3.8, 4) is 6.07 Å². The number of hydrogen-bond acceptors (Lipinski definition) is 4. The van der Waals surface area contributed by atoms with Crippen molar-refractivity contribution in [2.75, 3.05) is 19.6 Å². The first kappa shape index (κ1) is 16.5. The van der Waals surface area contributed by atoms with Crippen molar-refractivity contribution < 1.29 is 13.2 Å². The number of likely N-dealkylation sites (tertiary alicyclic amines) is 1. The second-order valence-corrected chi connectivity index (χ2v) is 6.95. The smallest absolute Gasteiger partial charge is 0.253 e. The molecule has 1 fully saturated rings. The molecule has 0 spiro atoms. The number of sulfonamides is 1. The molecule has 6 nitrogen and oxygen atoms in total. The predicted octanol–water partition coefficient (Wildman–Crippen LogP) is 1.50. The molecule has 1 aliphatic rings. The number of hydrogen-bond donors (Lipinski definition) is 1. The van der Waals surface area contributed by atoms with Gasteiger partial charge in [0.1, 0.15) is 0 Å². The molecule has 2 rings (SSSR count). The van der Waals surface area contributed by atoms with E-state index in [0.29, 0.717) is 5.56 Å². The second kappa shape index (κ2) is 7.38. The minimum Gasteiger partial charge on any atom is -0.339 e. The first-order valence-corrected chi connectivity index (χ1v) is 8.79. The maximum absolute atomic E-state index is 12.3. The van der Waals surface area contributed by atoms with Gasteiger partial charge >= 0.3 is 0 Å². The van der Waals surface area contributed by atoms with Gasteiger partial charge < -0.3 is 4.90 Å². The molecule has 1 heterocycles. The van der Waals surface area contributed by atoms with Crippen molar-refractivity contribution in [3.05, 3.63) is 29.8 Å². The predicted molar refractivity (Wildman–Crippen MR) is 81.6 cm³/mol. The summed E-state index contributed by atoms with van der Waals surface area (Å²) in [6.07, 6.45) is 3.29. The number of piperidine rings is 1. The monoisotopic (exact) mass is 321 g/mol. The standard InChI is InChI=1S/C15H19N3O3S/c16-9-4-10-17-22(20,21)14-7-5-13(6-8-14)15(19)18-11-2-1-3-12-18/h5-8,17H,1-4,10-12H2. The molecule has 1 N–H and O–H groups in total. The van der Waals surface area contributed by atoms with Gasteiger partial charge in [0, 0.05) is 31.6 Å². The van der Waals surface area contributed by atoms with Gasteiger partial charge in [0.05, 0.1) is 11.0 Å². The molecule has 0 unspecified atom stereocenters. The third kappa shape index (κ3) is 4.06. The molecule has 0 atom stereocenters. The number of carbonyl (C=O) groups is 1. The minimum absolute atomic E-state index is 0.0545. The molecule has 1 amide bonds. The summed E-state index contributed by atoms with van der Waals surface area (Å²) in [7, 11) is -3.63. The van der Waals surface area contributed by atoms with Crippen LogP contribution in [0.4, 0.5) is 0 Å². The van der Waals surface area contributed by atoms with Crippen molar-refractivity contribution in [2.45, 2.75) is 30.6 Å². The van der Waals surface area contributed by atoms with Crippen LogP contribution in [0.25, 0.3) is 0 Å². The third-order valence-corrected chi connectivity index (χ3v) is 5.06. The lowest BCUT2D eigenvalue weighted by Gasteiger charge is -2.26. The van der Waals surface area contributed by atoms with Gasteiger partial charge in [0.15, 0.2) is 0 Å². The lowest BCUT2D eigenvalue weighted by atomic mass is 10.1. The van der Waals surface area contributed by atoms with Crippen molar-refractivity contribution in [3.63, 3.8) is 0 Å². The van der Waals surface area contributed by atoms with Crippen LogP contribution >= 0.6 is 0 Å². The van der Waals surface area contributed by atoms with Crippen LogP contribution in [0.15, 0.2) is 29.2 Å². The number of amides is 1. The average Bonchev–Trinajstić information content (AvgIpc) is 2.55. The zero-order valence-corrected chi connectivity index (χ0v) is 13.1. The van der Waals surface area contributed by atoms with Crippen LogP contribution in [-0.4, -0.2) is 38.9 Å². The van der Waals surface area contributed by atoms with E-state index in [0.717, 1.165) is 32.4 Å². The highest BCUT2D eigenvalue weighted by atomic mass is 32.2. The number of nitrogens with one attached hydrogen (secondary N) is 1. The fourth-order valence-electron chi connectivity index (χ4n) is 2.38. The normalized spacial score (nSPS) is 15.3. The molecular weight excluding hydrogens is 302 g/mol. The fraction of sp³-hybridized carbons (Fsp3) is 0.467. The number of benzene rings is 1. The lowest BCUT2D eigenvalue weighted by molar-refractivity contribution is 0.0724. The van der Waals surface area contributed by atoms with E-state index in [4.69, 9.17) is 5.26 Å². The Morgan fingerprint density at radius 3 is 2.41 bits per heavy atom. The summed E-state index contributed by atoms with van der Waals surface area (Å²) in [6.45, 7) is 1.59. The number of rotatable bonds is 5. The lowest BCUT2D eigenvalue weighted by Crippen LogP contribution is -2.35. The van der Waals surface area contributed by atoms with E-state index >= 15 is 0 Å². The van der Waals surface area contributed by atoms with Gasteiger partial charge in [-0.25, -0.2) is 13.1 Å². The molecule has 7 heteroatoms. The van der Waals surface area contributed by atoms with E-state index in [9.17, 15) is 13.2 Å². The van der Waals surface area contributed by atoms with Crippen LogP contribution in [0.5, 0.6) is 0 Å². The minimum atomic E-state index is -3.63. The Hall–Kier alpha value is -1.91. The molecule has 1 aromatic carbocycles. The average molecular weight is 321 g/mol.